The largest absolute Gasteiger partial charge is 0.497 e. The second-order valence-corrected chi connectivity index (χ2v) is 3.26. The maximum absolute atomic E-state index is 5.20. The molecule has 0 aliphatic rings. The number of aryl methyl sites for hydroxylation is 1. The Kier molecular flexibility index (Phi) is 3.75. The normalized spacial score (nSPS) is 10.3. The van der Waals surface area contributed by atoms with E-state index in [9.17, 15) is 0 Å². The van der Waals surface area contributed by atoms with Gasteiger partial charge < -0.3 is 4.74 Å². The molecule has 0 N–H and O–H groups in total. The van der Waals surface area contributed by atoms with Crippen molar-refractivity contribution in [1.82, 2.24) is 0 Å². The van der Waals surface area contributed by atoms with Crippen LogP contribution >= 0.6 is 0 Å². The van der Waals surface area contributed by atoms with E-state index in [1.165, 1.54) is 17.0 Å². The summed E-state index contributed by atoms with van der Waals surface area (Å²) in [4.78, 5) is 0. The van der Waals surface area contributed by atoms with Crippen molar-refractivity contribution in [3.8, 4) is 5.75 Å². The van der Waals surface area contributed by atoms with E-state index in [2.05, 4.69) is 32.6 Å². The molecule has 0 saturated carbocycles. The van der Waals surface area contributed by atoms with Gasteiger partial charge in [0.15, 0.2) is 0 Å². The van der Waals surface area contributed by atoms with Gasteiger partial charge in [0.05, 0.1) is 7.11 Å². The van der Waals surface area contributed by atoms with Crippen LogP contribution in [0, 0.1) is 5.92 Å². The van der Waals surface area contributed by atoms with E-state index in [0.717, 1.165) is 12.2 Å². The molecule has 14 heavy (non-hydrogen) atoms. The third kappa shape index (κ3) is 2.16. The highest BCUT2D eigenvalue weighted by molar-refractivity contribution is 5.46. The van der Waals surface area contributed by atoms with Crippen LogP contribution in [0.5, 0.6) is 5.75 Å². The third-order valence-electron chi connectivity index (χ3n) is 2.43. The second kappa shape index (κ2) is 4.85. The van der Waals surface area contributed by atoms with Crippen LogP contribution in [-0.4, -0.2) is 7.11 Å². The van der Waals surface area contributed by atoms with Crippen molar-refractivity contribution in [3.63, 3.8) is 0 Å². The Morgan fingerprint density at radius 2 is 2.21 bits per heavy atom. The van der Waals surface area contributed by atoms with Gasteiger partial charge in [-0.15, -0.1) is 6.58 Å². The standard InChI is InChI=1S/C13H17O/c1-5-10(3)13-9-12(14-4)8-7-11(13)6-2/h5,7-9H,1,6H2,2-4H3. The maximum Gasteiger partial charge on any atom is 0.119 e. The summed E-state index contributed by atoms with van der Waals surface area (Å²) in [7, 11) is 1.69. The average molecular weight is 189 g/mol. The van der Waals surface area contributed by atoms with Crippen molar-refractivity contribution in [3.05, 3.63) is 47.9 Å². The van der Waals surface area contributed by atoms with Crippen molar-refractivity contribution < 1.29 is 4.74 Å². The van der Waals surface area contributed by atoms with Gasteiger partial charge in [-0.3, -0.25) is 0 Å². The second-order valence-electron chi connectivity index (χ2n) is 3.26. The zero-order valence-corrected chi connectivity index (χ0v) is 9.13. The van der Waals surface area contributed by atoms with Gasteiger partial charge >= 0.3 is 0 Å². The summed E-state index contributed by atoms with van der Waals surface area (Å²) in [5, 5.41) is 0. The Hall–Kier alpha value is -1.24. The maximum atomic E-state index is 5.20. The van der Waals surface area contributed by atoms with E-state index in [1.54, 1.807) is 7.11 Å². The number of benzene rings is 1. The van der Waals surface area contributed by atoms with E-state index in [1.807, 2.05) is 12.1 Å². The monoisotopic (exact) mass is 189 g/mol. The van der Waals surface area contributed by atoms with Gasteiger partial charge in [-0.2, -0.15) is 0 Å². The fourth-order valence-electron chi connectivity index (χ4n) is 1.47. The number of allylic oxidation sites excluding steroid dienone is 1. The lowest BCUT2D eigenvalue weighted by atomic mass is 9.94. The van der Waals surface area contributed by atoms with Crippen molar-refractivity contribution >= 4 is 0 Å². The first kappa shape index (κ1) is 10.8. The molecular weight excluding hydrogens is 172 g/mol. The van der Waals surface area contributed by atoms with Crippen molar-refractivity contribution in [2.75, 3.05) is 7.11 Å². The quantitative estimate of drug-likeness (QED) is 0.705. The van der Waals surface area contributed by atoms with Crippen molar-refractivity contribution in [2.45, 2.75) is 20.3 Å². The van der Waals surface area contributed by atoms with Gasteiger partial charge in [0, 0.05) is 5.92 Å². The lowest BCUT2D eigenvalue weighted by Crippen LogP contribution is -1.97. The summed E-state index contributed by atoms with van der Waals surface area (Å²) in [5.74, 6) is 2.10. The Morgan fingerprint density at radius 3 is 2.71 bits per heavy atom. The summed E-state index contributed by atoms with van der Waals surface area (Å²) in [6.45, 7) is 8.01. The highest BCUT2D eigenvalue weighted by Gasteiger charge is 2.08. The van der Waals surface area contributed by atoms with E-state index in [4.69, 9.17) is 4.74 Å². The predicted octanol–water partition coefficient (Wildman–Crippen LogP) is 3.39. The van der Waals surface area contributed by atoms with Crippen LogP contribution in [0.15, 0.2) is 30.9 Å². The number of ether oxygens (including phenoxy) is 1. The molecule has 0 aromatic heterocycles. The predicted molar refractivity (Wildman–Crippen MR) is 60.6 cm³/mol. The van der Waals surface area contributed by atoms with Gasteiger partial charge in [-0.25, -0.2) is 0 Å². The summed E-state index contributed by atoms with van der Waals surface area (Å²) < 4.78 is 5.20. The first-order valence-corrected chi connectivity index (χ1v) is 4.86. The molecule has 0 fully saturated rings. The Morgan fingerprint density at radius 1 is 1.50 bits per heavy atom. The molecule has 0 aliphatic carbocycles. The molecule has 0 spiro atoms. The minimum absolute atomic E-state index is 0.901. The number of hydrogen-bond acceptors (Lipinski definition) is 1. The summed E-state index contributed by atoms with van der Waals surface area (Å²) in [6, 6.07) is 6.18. The lowest BCUT2D eigenvalue weighted by molar-refractivity contribution is 0.414. The molecule has 0 amide bonds. The zero-order chi connectivity index (χ0) is 10.6. The molecule has 0 unspecified atom stereocenters. The molecule has 0 atom stereocenters. The van der Waals surface area contributed by atoms with E-state index in [-0.39, 0.29) is 0 Å². The molecule has 1 aromatic carbocycles. The number of methoxy groups -OCH3 is 1. The minimum Gasteiger partial charge on any atom is -0.497 e. The Labute approximate surface area is 86.4 Å². The van der Waals surface area contributed by atoms with Crippen LogP contribution in [0.1, 0.15) is 25.0 Å². The molecule has 1 aromatic rings. The minimum atomic E-state index is 0.901. The lowest BCUT2D eigenvalue weighted by Gasteiger charge is -2.13. The van der Waals surface area contributed by atoms with Crippen molar-refractivity contribution in [2.24, 2.45) is 0 Å². The Bertz CT molecular complexity index is 315. The van der Waals surface area contributed by atoms with Gasteiger partial charge in [-0.05, 0) is 29.7 Å². The molecule has 0 aliphatic heterocycles. The van der Waals surface area contributed by atoms with Gasteiger partial charge in [0.25, 0.3) is 0 Å². The zero-order valence-electron chi connectivity index (χ0n) is 9.13. The molecule has 0 saturated heterocycles. The van der Waals surface area contributed by atoms with Crippen LogP contribution in [0.25, 0.3) is 0 Å². The topological polar surface area (TPSA) is 9.23 Å². The summed E-state index contributed by atoms with van der Waals surface area (Å²) >= 11 is 0. The molecule has 0 bridgehead atoms. The molecule has 1 heteroatoms. The van der Waals surface area contributed by atoms with E-state index < -0.39 is 0 Å². The Balaban J connectivity index is 3.14. The number of rotatable bonds is 4. The molecule has 1 rings (SSSR count). The molecule has 1 nitrogen and oxygen atoms in total. The van der Waals surface area contributed by atoms with Crippen LogP contribution in [0.2, 0.25) is 0 Å². The first-order valence-electron chi connectivity index (χ1n) is 4.86. The number of hydrogen-bond donors (Lipinski definition) is 0. The first-order chi connectivity index (χ1) is 6.72. The summed E-state index contributed by atoms with van der Waals surface area (Å²) in [6.07, 6.45) is 2.92. The van der Waals surface area contributed by atoms with Crippen molar-refractivity contribution in [1.29, 1.82) is 0 Å². The summed E-state index contributed by atoms with van der Waals surface area (Å²) in [5.41, 5.74) is 2.57. The van der Waals surface area contributed by atoms with E-state index in [0.29, 0.717) is 0 Å². The fourth-order valence-corrected chi connectivity index (χ4v) is 1.47. The smallest absolute Gasteiger partial charge is 0.119 e. The molecule has 1 radical (unpaired) electrons. The van der Waals surface area contributed by atoms with Gasteiger partial charge in [0.1, 0.15) is 5.75 Å². The third-order valence-corrected chi connectivity index (χ3v) is 2.43. The van der Waals surface area contributed by atoms with Crippen LogP contribution in [0.3, 0.4) is 0 Å². The molecule has 75 valence electrons. The van der Waals surface area contributed by atoms with Gasteiger partial charge in [0.2, 0.25) is 0 Å². The molecule has 0 heterocycles. The molecular formula is C13H17O. The highest BCUT2D eigenvalue weighted by atomic mass is 16.5. The van der Waals surface area contributed by atoms with Crippen LogP contribution in [0.4, 0.5) is 0 Å². The van der Waals surface area contributed by atoms with Crippen LogP contribution in [-0.2, 0) is 6.42 Å². The highest BCUT2D eigenvalue weighted by Crippen LogP contribution is 2.25. The fraction of sp³-hybridized carbons (Fsp3) is 0.308. The van der Waals surface area contributed by atoms with Crippen LogP contribution < -0.4 is 4.74 Å². The van der Waals surface area contributed by atoms with Gasteiger partial charge in [-0.1, -0.05) is 26.0 Å². The van der Waals surface area contributed by atoms with E-state index >= 15 is 0 Å². The SMILES string of the molecule is C=C[C](C)c1cc(OC)ccc1CC. The average Bonchev–Trinajstić information content (AvgIpc) is 2.27.